The molecule has 0 atom stereocenters. The summed E-state index contributed by atoms with van der Waals surface area (Å²) in [5.74, 6) is -0.262. The Labute approximate surface area is 134 Å². The Hall–Kier alpha value is -2.56. The maximum Gasteiger partial charge on any atom is 0.407 e. The van der Waals surface area contributed by atoms with Gasteiger partial charge in [0.2, 0.25) is 0 Å². The van der Waals surface area contributed by atoms with Gasteiger partial charge in [-0.25, -0.2) is 9.18 Å². The summed E-state index contributed by atoms with van der Waals surface area (Å²) in [6.07, 6.45) is 0.633. The molecule has 1 N–H and O–H groups in total. The number of rotatable bonds is 3. The Morgan fingerprint density at radius 2 is 1.57 bits per heavy atom. The third-order valence-electron chi connectivity index (χ3n) is 4.24. The van der Waals surface area contributed by atoms with Gasteiger partial charge in [-0.15, -0.1) is 0 Å². The molecule has 2 aromatic rings. The first-order valence-electron chi connectivity index (χ1n) is 7.73. The van der Waals surface area contributed by atoms with Crippen molar-refractivity contribution >= 4 is 17.5 Å². The number of amides is 1. The molecule has 1 saturated heterocycles. The summed E-state index contributed by atoms with van der Waals surface area (Å²) in [4.78, 5) is 14.7. The molecule has 0 bridgehead atoms. The number of anilines is 2. The number of carbonyl (C=O) groups is 1. The van der Waals surface area contributed by atoms with Crippen LogP contribution in [0.4, 0.5) is 20.6 Å². The number of halogens is 1. The van der Waals surface area contributed by atoms with Crippen molar-refractivity contribution in [3.63, 3.8) is 0 Å². The van der Waals surface area contributed by atoms with Crippen LogP contribution in [0.5, 0.6) is 0 Å². The van der Waals surface area contributed by atoms with Crippen molar-refractivity contribution in [1.82, 2.24) is 4.90 Å². The van der Waals surface area contributed by atoms with E-state index in [1.54, 1.807) is 12.1 Å². The highest BCUT2D eigenvalue weighted by Crippen LogP contribution is 2.32. The number of nitrogens with zero attached hydrogens (tertiary/aromatic N) is 2. The summed E-state index contributed by atoms with van der Waals surface area (Å²) in [7, 11) is 0. The van der Waals surface area contributed by atoms with Crippen molar-refractivity contribution in [2.45, 2.75) is 18.9 Å². The molecule has 0 aliphatic carbocycles. The van der Waals surface area contributed by atoms with E-state index < -0.39 is 6.09 Å². The molecule has 4 nitrogen and oxygen atoms in total. The fraction of sp³-hybridized carbons (Fsp3) is 0.278. The van der Waals surface area contributed by atoms with Gasteiger partial charge in [-0.2, -0.15) is 0 Å². The van der Waals surface area contributed by atoms with Crippen LogP contribution in [0.3, 0.4) is 0 Å². The Balaban J connectivity index is 1.87. The molecule has 3 rings (SSSR count). The number of hydrogen-bond acceptors (Lipinski definition) is 2. The molecule has 1 aliphatic heterocycles. The van der Waals surface area contributed by atoms with E-state index in [-0.39, 0.29) is 11.9 Å². The quantitative estimate of drug-likeness (QED) is 0.927. The van der Waals surface area contributed by atoms with E-state index in [1.807, 2.05) is 30.3 Å². The number of likely N-dealkylation sites (tertiary alicyclic amines) is 1. The maximum absolute atomic E-state index is 13.2. The van der Waals surface area contributed by atoms with Crippen LogP contribution in [-0.4, -0.2) is 35.2 Å². The molecule has 5 heteroatoms. The lowest BCUT2D eigenvalue weighted by Crippen LogP contribution is -2.45. The predicted molar refractivity (Wildman–Crippen MR) is 87.6 cm³/mol. The molecule has 0 radical (unpaired) electrons. The highest BCUT2D eigenvalue weighted by atomic mass is 19.1. The van der Waals surface area contributed by atoms with Crippen LogP contribution >= 0.6 is 0 Å². The highest BCUT2D eigenvalue weighted by Gasteiger charge is 2.27. The first-order valence-corrected chi connectivity index (χ1v) is 7.73. The van der Waals surface area contributed by atoms with Gasteiger partial charge in [0, 0.05) is 30.5 Å². The Morgan fingerprint density at radius 1 is 1.00 bits per heavy atom. The molecule has 1 aliphatic rings. The molecule has 2 aromatic carbocycles. The second kappa shape index (κ2) is 6.69. The van der Waals surface area contributed by atoms with Crippen molar-refractivity contribution in [1.29, 1.82) is 0 Å². The minimum absolute atomic E-state index is 0.193. The molecule has 0 saturated carbocycles. The van der Waals surface area contributed by atoms with E-state index in [9.17, 15) is 9.18 Å². The fourth-order valence-electron chi connectivity index (χ4n) is 3.08. The molecule has 23 heavy (non-hydrogen) atoms. The lowest BCUT2D eigenvalue weighted by molar-refractivity contribution is 0.132. The first kappa shape index (κ1) is 15.3. The van der Waals surface area contributed by atoms with E-state index in [0.29, 0.717) is 13.1 Å². The van der Waals surface area contributed by atoms with Gasteiger partial charge in [-0.3, -0.25) is 0 Å². The second-order valence-corrected chi connectivity index (χ2v) is 5.68. The van der Waals surface area contributed by atoms with Gasteiger partial charge in [0.25, 0.3) is 0 Å². The zero-order valence-electron chi connectivity index (χ0n) is 12.7. The van der Waals surface area contributed by atoms with Gasteiger partial charge in [-0.05, 0) is 49.2 Å². The van der Waals surface area contributed by atoms with Crippen LogP contribution < -0.4 is 4.90 Å². The largest absolute Gasteiger partial charge is 0.465 e. The molecule has 1 heterocycles. The summed E-state index contributed by atoms with van der Waals surface area (Å²) in [6, 6.07) is 16.6. The third kappa shape index (κ3) is 3.44. The molecular weight excluding hydrogens is 295 g/mol. The number of para-hydroxylation sites is 1. The van der Waals surface area contributed by atoms with Crippen molar-refractivity contribution in [3.8, 4) is 0 Å². The van der Waals surface area contributed by atoms with E-state index in [0.717, 1.165) is 24.2 Å². The monoisotopic (exact) mass is 314 g/mol. The average Bonchev–Trinajstić information content (AvgIpc) is 2.58. The van der Waals surface area contributed by atoms with Gasteiger partial charge in [-0.1, -0.05) is 18.2 Å². The molecule has 1 amide bonds. The highest BCUT2D eigenvalue weighted by molar-refractivity contribution is 5.66. The molecular formula is C18H19FN2O2. The Morgan fingerprint density at radius 3 is 2.13 bits per heavy atom. The second-order valence-electron chi connectivity index (χ2n) is 5.68. The van der Waals surface area contributed by atoms with Crippen LogP contribution in [0.1, 0.15) is 12.8 Å². The minimum atomic E-state index is -0.864. The predicted octanol–water partition coefficient (Wildman–Crippen LogP) is 4.11. The SMILES string of the molecule is O=C(O)N1CCC(N(c2ccccc2)c2ccc(F)cc2)CC1. The van der Waals surface area contributed by atoms with Gasteiger partial charge in [0.15, 0.2) is 0 Å². The lowest BCUT2D eigenvalue weighted by atomic mass is 10.0. The molecule has 1 fully saturated rings. The van der Waals surface area contributed by atoms with Crippen molar-refractivity contribution in [2.75, 3.05) is 18.0 Å². The normalized spacial score (nSPS) is 15.4. The van der Waals surface area contributed by atoms with Crippen LogP contribution in [0.15, 0.2) is 54.6 Å². The van der Waals surface area contributed by atoms with Crippen molar-refractivity contribution < 1.29 is 14.3 Å². The standard InChI is InChI=1S/C18H19FN2O2/c19-14-6-8-16(9-7-14)21(15-4-2-1-3-5-15)17-10-12-20(13-11-17)18(22)23/h1-9,17H,10-13H2,(H,22,23). The summed E-state index contributed by atoms with van der Waals surface area (Å²) in [5, 5.41) is 9.10. The summed E-state index contributed by atoms with van der Waals surface area (Å²) in [5.41, 5.74) is 1.96. The van der Waals surface area contributed by atoms with E-state index in [2.05, 4.69) is 4.90 Å². The van der Waals surface area contributed by atoms with Crippen LogP contribution in [0.2, 0.25) is 0 Å². The zero-order chi connectivity index (χ0) is 16.2. The number of benzene rings is 2. The summed E-state index contributed by atoms with van der Waals surface area (Å²) in [6.45, 7) is 1.04. The minimum Gasteiger partial charge on any atom is -0.465 e. The van der Waals surface area contributed by atoms with Crippen LogP contribution in [-0.2, 0) is 0 Å². The molecule has 0 aromatic heterocycles. The third-order valence-corrected chi connectivity index (χ3v) is 4.24. The van der Waals surface area contributed by atoms with E-state index >= 15 is 0 Å². The maximum atomic E-state index is 13.2. The zero-order valence-corrected chi connectivity index (χ0v) is 12.7. The fourth-order valence-corrected chi connectivity index (χ4v) is 3.08. The number of carboxylic acid groups (broad SMARTS) is 1. The molecule has 0 unspecified atom stereocenters. The van der Waals surface area contributed by atoms with Crippen LogP contribution in [0.25, 0.3) is 0 Å². The molecule has 120 valence electrons. The molecule has 0 spiro atoms. The van der Waals surface area contributed by atoms with E-state index in [1.165, 1.54) is 17.0 Å². The summed E-state index contributed by atoms with van der Waals surface area (Å²) < 4.78 is 13.2. The lowest BCUT2D eigenvalue weighted by Gasteiger charge is -2.39. The van der Waals surface area contributed by atoms with Crippen LogP contribution in [0, 0.1) is 5.82 Å². The number of piperidine rings is 1. The first-order chi connectivity index (χ1) is 11.1. The summed E-state index contributed by atoms with van der Waals surface area (Å²) >= 11 is 0. The van der Waals surface area contributed by atoms with Gasteiger partial charge in [0.1, 0.15) is 5.82 Å². The van der Waals surface area contributed by atoms with Crippen molar-refractivity contribution in [3.05, 3.63) is 60.4 Å². The topological polar surface area (TPSA) is 43.8 Å². The van der Waals surface area contributed by atoms with Crippen molar-refractivity contribution in [2.24, 2.45) is 0 Å². The van der Waals surface area contributed by atoms with E-state index in [4.69, 9.17) is 5.11 Å². The van der Waals surface area contributed by atoms with Gasteiger partial charge >= 0.3 is 6.09 Å². The Bertz CT molecular complexity index is 652. The Kier molecular flexibility index (Phi) is 4.46. The van der Waals surface area contributed by atoms with Gasteiger partial charge < -0.3 is 14.9 Å². The smallest absolute Gasteiger partial charge is 0.407 e. The average molecular weight is 314 g/mol. The number of hydrogen-bond donors (Lipinski definition) is 1. The van der Waals surface area contributed by atoms with Gasteiger partial charge in [0.05, 0.1) is 0 Å².